The van der Waals surface area contributed by atoms with Gasteiger partial charge in [-0.3, -0.25) is 38.4 Å². The summed E-state index contributed by atoms with van der Waals surface area (Å²) in [6.07, 6.45) is -2.10. The van der Waals surface area contributed by atoms with Crippen molar-refractivity contribution in [3.05, 3.63) is 59.7 Å². The number of rotatable bonds is 22. The number of phenols is 2. The lowest BCUT2D eigenvalue weighted by molar-refractivity contribution is -0.149. The minimum atomic E-state index is -1.63. The normalized spacial score (nSPS) is 16.1. The molecular formula is C37H49N9O12. The van der Waals surface area contributed by atoms with Crippen molar-refractivity contribution >= 4 is 53.2 Å². The van der Waals surface area contributed by atoms with Crippen molar-refractivity contribution in [1.82, 2.24) is 26.2 Å². The van der Waals surface area contributed by atoms with E-state index in [2.05, 4.69) is 21.3 Å². The summed E-state index contributed by atoms with van der Waals surface area (Å²) in [5.41, 5.74) is 23.0. The van der Waals surface area contributed by atoms with Crippen LogP contribution in [-0.2, 0) is 56.0 Å². The van der Waals surface area contributed by atoms with Crippen molar-refractivity contribution in [2.75, 3.05) is 6.54 Å². The number of carboxylic acids is 1. The number of carbonyl (C=O) groups is 9. The zero-order chi connectivity index (χ0) is 43.1. The van der Waals surface area contributed by atoms with Gasteiger partial charge in [0.15, 0.2) is 0 Å². The summed E-state index contributed by atoms with van der Waals surface area (Å²) in [5.74, 6) is -8.88. The number of aromatic hydroxyl groups is 2. The summed E-state index contributed by atoms with van der Waals surface area (Å²) in [5, 5.41) is 38.6. The molecule has 1 aliphatic heterocycles. The third-order valence-corrected chi connectivity index (χ3v) is 9.20. The summed E-state index contributed by atoms with van der Waals surface area (Å²) in [6.45, 7) is 0.0289. The Balaban J connectivity index is 1.88. The third-order valence-electron chi connectivity index (χ3n) is 9.20. The molecule has 0 bridgehead atoms. The first-order valence-corrected chi connectivity index (χ1v) is 18.3. The molecule has 3 rings (SSSR count). The van der Waals surface area contributed by atoms with Crippen molar-refractivity contribution < 1.29 is 58.5 Å². The lowest BCUT2D eigenvalue weighted by atomic mass is 10.0. The molecule has 1 fully saturated rings. The zero-order valence-electron chi connectivity index (χ0n) is 31.4. The maximum atomic E-state index is 13.9. The van der Waals surface area contributed by atoms with Gasteiger partial charge in [0.2, 0.25) is 47.3 Å². The van der Waals surface area contributed by atoms with Gasteiger partial charge < -0.3 is 64.4 Å². The van der Waals surface area contributed by atoms with Crippen LogP contribution in [0.25, 0.3) is 0 Å². The summed E-state index contributed by atoms with van der Waals surface area (Å²) < 4.78 is 0. The summed E-state index contributed by atoms with van der Waals surface area (Å²) in [4.78, 5) is 116. The fourth-order valence-corrected chi connectivity index (χ4v) is 6.15. The third kappa shape index (κ3) is 14.4. The van der Waals surface area contributed by atoms with Crippen molar-refractivity contribution in [3.63, 3.8) is 0 Å². The van der Waals surface area contributed by atoms with Crippen LogP contribution in [0.1, 0.15) is 56.1 Å². The Morgan fingerprint density at radius 3 is 1.52 bits per heavy atom. The van der Waals surface area contributed by atoms with Crippen molar-refractivity contribution in [1.29, 1.82) is 0 Å². The Morgan fingerprint density at radius 2 is 1.05 bits per heavy atom. The number of nitrogens with one attached hydrogen (secondary N) is 4. The predicted octanol–water partition coefficient (Wildman–Crippen LogP) is -3.37. The molecule has 1 aliphatic rings. The van der Waals surface area contributed by atoms with Crippen molar-refractivity contribution in [3.8, 4) is 11.5 Å². The van der Waals surface area contributed by atoms with E-state index in [1.54, 1.807) is 0 Å². The fraction of sp³-hybridized carbons (Fsp3) is 0.432. The van der Waals surface area contributed by atoms with Crippen LogP contribution in [0.4, 0.5) is 0 Å². The molecule has 1 saturated heterocycles. The quantitative estimate of drug-likeness (QED) is 0.0554. The topological polar surface area (TPSA) is 370 Å². The highest BCUT2D eigenvalue weighted by Gasteiger charge is 2.39. The number of likely N-dealkylation sites (tertiary alicyclic amines) is 1. The van der Waals surface area contributed by atoms with E-state index in [-0.39, 0.29) is 50.1 Å². The molecule has 15 N–H and O–H groups in total. The first-order chi connectivity index (χ1) is 27.3. The highest BCUT2D eigenvalue weighted by atomic mass is 16.4. The number of nitrogens with two attached hydrogens (primary N) is 4. The number of hydrogen-bond donors (Lipinski definition) is 11. The molecule has 6 atom stereocenters. The maximum Gasteiger partial charge on any atom is 0.326 e. The van der Waals surface area contributed by atoms with Gasteiger partial charge in [0.1, 0.15) is 41.7 Å². The van der Waals surface area contributed by atoms with E-state index in [0.717, 1.165) is 4.90 Å². The Morgan fingerprint density at radius 1 is 0.621 bits per heavy atom. The van der Waals surface area contributed by atoms with E-state index in [0.29, 0.717) is 17.5 Å². The molecule has 314 valence electrons. The fourth-order valence-electron chi connectivity index (χ4n) is 6.15. The highest BCUT2D eigenvalue weighted by molar-refractivity contribution is 5.98. The van der Waals surface area contributed by atoms with Crippen LogP contribution >= 0.6 is 0 Å². The summed E-state index contributed by atoms with van der Waals surface area (Å²) in [7, 11) is 0. The van der Waals surface area contributed by atoms with Gasteiger partial charge in [0.05, 0.1) is 12.5 Å². The lowest BCUT2D eigenvalue weighted by Gasteiger charge is -2.29. The van der Waals surface area contributed by atoms with Gasteiger partial charge in [-0.1, -0.05) is 24.3 Å². The summed E-state index contributed by atoms with van der Waals surface area (Å²) in [6, 6.07) is 2.63. The van der Waals surface area contributed by atoms with E-state index < -0.39 is 109 Å². The monoisotopic (exact) mass is 811 g/mol. The van der Waals surface area contributed by atoms with Gasteiger partial charge in [-0.25, -0.2) is 4.79 Å². The van der Waals surface area contributed by atoms with E-state index >= 15 is 0 Å². The van der Waals surface area contributed by atoms with Gasteiger partial charge >= 0.3 is 5.97 Å². The van der Waals surface area contributed by atoms with Crippen LogP contribution < -0.4 is 44.2 Å². The van der Waals surface area contributed by atoms with Crippen LogP contribution in [0.3, 0.4) is 0 Å². The molecule has 0 spiro atoms. The van der Waals surface area contributed by atoms with Gasteiger partial charge in [0.25, 0.3) is 0 Å². The lowest BCUT2D eigenvalue weighted by Crippen LogP contribution is -2.60. The van der Waals surface area contributed by atoms with Crippen LogP contribution in [0, 0.1) is 0 Å². The highest BCUT2D eigenvalue weighted by Crippen LogP contribution is 2.20. The van der Waals surface area contributed by atoms with E-state index in [1.165, 1.54) is 48.5 Å². The molecule has 0 radical (unpaired) electrons. The second-order valence-electron chi connectivity index (χ2n) is 13.8. The molecule has 0 unspecified atom stereocenters. The molecule has 21 heteroatoms. The van der Waals surface area contributed by atoms with E-state index in [4.69, 9.17) is 22.9 Å². The number of amides is 8. The molecule has 0 aromatic heterocycles. The molecule has 21 nitrogen and oxygen atoms in total. The van der Waals surface area contributed by atoms with Gasteiger partial charge in [0, 0.05) is 25.8 Å². The standard InChI is InChI=1S/C37H49N9O12/c38-23(16-19-3-7-21(47)8-4-19)32(52)42-24(11-13-29(39)49)33(53)43-25(12-14-30(40)50)34(54)44-26(17-20-5-9-22(48)10-6-20)35(55)45-27(18-31(41)51)36(56)46-15-1-2-28(46)37(57)58/h3-10,23-28,47-48H,1-2,11-18,38H2,(H2,39,49)(H2,40,50)(H2,41,51)(H,42,52)(H,43,53)(H,44,54)(H,45,55)(H,57,58)/t23-,24-,25-,26-,27-,28-/m0/s1. The Hall–Kier alpha value is -6.77. The number of carboxylic acid groups (broad SMARTS) is 1. The Bertz CT molecular complexity index is 1840. The number of aliphatic carboxylic acids is 1. The predicted molar refractivity (Wildman–Crippen MR) is 202 cm³/mol. The number of nitrogens with zero attached hydrogens (tertiary/aromatic N) is 1. The van der Waals surface area contributed by atoms with Gasteiger partial charge in [-0.15, -0.1) is 0 Å². The van der Waals surface area contributed by atoms with Crippen LogP contribution in [0.2, 0.25) is 0 Å². The van der Waals surface area contributed by atoms with Gasteiger partial charge in [-0.05, 0) is 67.5 Å². The average molecular weight is 812 g/mol. The molecule has 8 amide bonds. The van der Waals surface area contributed by atoms with Crippen LogP contribution in [-0.4, -0.2) is 116 Å². The second-order valence-corrected chi connectivity index (χ2v) is 13.8. The van der Waals surface area contributed by atoms with Crippen molar-refractivity contribution in [2.45, 2.75) is 94.0 Å². The number of benzene rings is 2. The first kappa shape index (κ1) is 45.6. The zero-order valence-corrected chi connectivity index (χ0v) is 31.4. The molecule has 0 aliphatic carbocycles. The largest absolute Gasteiger partial charge is 0.508 e. The molecule has 2 aromatic rings. The number of carbonyl (C=O) groups excluding carboxylic acids is 8. The number of primary amides is 3. The smallest absolute Gasteiger partial charge is 0.326 e. The van der Waals surface area contributed by atoms with E-state index in [9.17, 15) is 58.5 Å². The SMILES string of the molecule is NC(=O)CC[C@H](NC(=O)[C@H](CCC(N)=O)NC(=O)[C@@H](N)Cc1ccc(O)cc1)C(=O)N[C@@H](Cc1ccc(O)cc1)C(=O)N[C@@H](CC(N)=O)C(=O)N1CCC[C@H]1C(=O)O. The molecule has 58 heavy (non-hydrogen) atoms. The van der Waals surface area contributed by atoms with Crippen molar-refractivity contribution in [2.24, 2.45) is 22.9 Å². The van der Waals surface area contributed by atoms with E-state index in [1.807, 2.05) is 0 Å². The van der Waals surface area contributed by atoms with Crippen LogP contribution in [0.15, 0.2) is 48.5 Å². The average Bonchev–Trinajstić information content (AvgIpc) is 3.66. The number of phenolic OH excluding ortho intramolecular Hbond substituents is 2. The minimum Gasteiger partial charge on any atom is -0.508 e. The molecular weight excluding hydrogens is 762 g/mol. The minimum absolute atomic E-state index is 0.00549. The van der Waals surface area contributed by atoms with Gasteiger partial charge in [-0.2, -0.15) is 0 Å². The molecule has 2 aromatic carbocycles. The second kappa shape index (κ2) is 21.5. The molecule has 1 heterocycles. The maximum absolute atomic E-state index is 13.9. The molecule has 0 saturated carbocycles. The first-order valence-electron chi connectivity index (χ1n) is 18.3. The Labute approximate surface area is 332 Å². The number of hydrogen-bond acceptors (Lipinski definition) is 12. The van der Waals surface area contributed by atoms with Crippen LogP contribution in [0.5, 0.6) is 11.5 Å². The summed E-state index contributed by atoms with van der Waals surface area (Å²) >= 11 is 0. The Kier molecular flexibility index (Phi) is 16.9.